The first kappa shape index (κ1) is 22.4. The number of nitrogens with one attached hydrogen (secondary N) is 2. The zero-order chi connectivity index (χ0) is 23.2. The molecule has 0 radical (unpaired) electrons. The number of anilines is 3. The molecule has 33 heavy (non-hydrogen) atoms. The molecule has 0 unspecified atom stereocenters. The Kier molecular flexibility index (Phi) is 6.93. The maximum Gasteiger partial charge on any atom is 0.255 e. The standard InChI is InChI=1S/C27H29N3O3/c1-19-9-14-24-21(18-19)6-5-16-30(24)17-15-26(31)28-22-12-10-20(11-13-22)27(32)29-23-7-3-4-8-25(23)33-2/h3-4,7-14,18H,5-6,15-17H2,1-2H3,(H,28,31)(H,29,32). The van der Waals surface area contributed by atoms with E-state index in [0.717, 1.165) is 19.4 Å². The number of hydrogen-bond donors (Lipinski definition) is 2. The third-order valence-electron chi connectivity index (χ3n) is 5.84. The lowest BCUT2D eigenvalue weighted by Crippen LogP contribution is -2.32. The SMILES string of the molecule is COc1ccccc1NC(=O)c1ccc(NC(=O)CCN2CCCc3cc(C)ccc32)cc1. The van der Waals surface area contributed by atoms with Gasteiger partial charge < -0.3 is 20.3 Å². The number of amides is 2. The highest BCUT2D eigenvalue weighted by Gasteiger charge is 2.17. The van der Waals surface area contributed by atoms with Gasteiger partial charge in [0, 0.05) is 36.4 Å². The van der Waals surface area contributed by atoms with Gasteiger partial charge in [-0.1, -0.05) is 29.8 Å². The van der Waals surface area contributed by atoms with Crippen molar-refractivity contribution < 1.29 is 14.3 Å². The van der Waals surface area contributed by atoms with Gasteiger partial charge in [0.15, 0.2) is 0 Å². The van der Waals surface area contributed by atoms with E-state index in [9.17, 15) is 9.59 Å². The number of hydrogen-bond acceptors (Lipinski definition) is 4. The smallest absolute Gasteiger partial charge is 0.255 e. The van der Waals surface area contributed by atoms with E-state index in [1.807, 2.05) is 12.1 Å². The number of benzene rings is 3. The van der Waals surface area contributed by atoms with E-state index in [4.69, 9.17) is 4.74 Å². The molecule has 3 aromatic carbocycles. The van der Waals surface area contributed by atoms with E-state index in [1.54, 1.807) is 43.5 Å². The van der Waals surface area contributed by atoms with Crippen molar-refractivity contribution in [2.75, 3.05) is 35.7 Å². The molecule has 2 amide bonds. The van der Waals surface area contributed by atoms with E-state index in [1.165, 1.54) is 16.8 Å². The third kappa shape index (κ3) is 5.52. The summed E-state index contributed by atoms with van der Waals surface area (Å²) in [6.45, 7) is 3.76. The molecule has 0 spiro atoms. The summed E-state index contributed by atoms with van der Waals surface area (Å²) in [5, 5.41) is 5.78. The summed E-state index contributed by atoms with van der Waals surface area (Å²) in [4.78, 5) is 27.4. The van der Waals surface area contributed by atoms with Gasteiger partial charge in [0.1, 0.15) is 5.75 Å². The Hall–Kier alpha value is -3.80. The number of carbonyl (C=O) groups is 2. The van der Waals surface area contributed by atoms with Crippen LogP contribution in [0, 0.1) is 6.92 Å². The summed E-state index contributed by atoms with van der Waals surface area (Å²) in [7, 11) is 1.56. The van der Waals surface area contributed by atoms with Gasteiger partial charge in [0.25, 0.3) is 5.91 Å². The number of fused-ring (bicyclic) bond motifs is 1. The Morgan fingerprint density at radius 3 is 2.58 bits per heavy atom. The molecular formula is C27H29N3O3. The second-order valence-corrected chi connectivity index (χ2v) is 8.25. The maximum atomic E-state index is 12.6. The minimum absolute atomic E-state index is 0.0412. The number of ether oxygens (including phenoxy) is 1. The minimum Gasteiger partial charge on any atom is -0.495 e. The first-order valence-electron chi connectivity index (χ1n) is 11.2. The van der Waals surface area contributed by atoms with Crippen LogP contribution in [0.3, 0.4) is 0 Å². The molecule has 2 N–H and O–H groups in total. The highest BCUT2D eigenvalue weighted by atomic mass is 16.5. The monoisotopic (exact) mass is 443 g/mol. The predicted molar refractivity (Wildman–Crippen MR) is 132 cm³/mol. The molecule has 0 saturated heterocycles. The van der Waals surface area contributed by atoms with Gasteiger partial charge >= 0.3 is 0 Å². The summed E-state index contributed by atoms with van der Waals surface area (Å²) in [6.07, 6.45) is 2.61. The molecule has 0 fully saturated rings. The van der Waals surface area contributed by atoms with Crippen LogP contribution in [0.5, 0.6) is 5.75 Å². The lowest BCUT2D eigenvalue weighted by Gasteiger charge is -2.31. The Bertz CT molecular complexity index is 1140. The predicted octanol–water partition coefficient (Wildman–Crippen LogP) is 5.04. The molecule has 0 saturated carbocycles. The van der Waals surface area contributed by atoms with Gasteiger partial charge in [0.05, 0.1) is 12.8 Å². The van der Waals surface area contributed by atoms with Gasteiger partial charge in [-0.05, 0) is 67.8 Å². The molecule has 6 nitrogen and oxygen atoms in total. The molecule has 0 aromatic heterocycles. The Labute approximate surface area is 194 Å². The minimum atomic E-state index is -0.239. The molecule has 6 heteroatoms. The second kappa shape index (κ2) is 10.2. The van der Waals surface area contributed by atoms with Gasteiger partial charge in [-0.15, -0.1) is 0 Å². The van der Waals surface area contributed by atoms with Gasteiger partial charge in [-0.2, -0.15) is 0 Å². The molecule has 4 rings (SSSR count). The quantitative estimate of drug-likeness (QED) is 0.537. The van der Waals surface area contributed by atoms with Crippen molar-refractivity contribution in [2.45, 2.75) is 26.2 Å². The van der Waals surface area contributed by atoms with Crippen molar-refractivity contribution in [3.05, 3.63) is 83.4 Å². The van der Waals surface area contributed by atoms with Crippen LogP contribution in [0.1, 0.15) is 34.3 Å². The van der Waals surface area contributed by atoms with E-state index >= 15 is 0 Å². The van der Waals surface area contributed by atoms with Crippen molar-refractivity contribution in [3.63, 3.8) is 0 Å². The normalized spacial score (nSPS) is 12.6. The topological polar surface area (TPSA) is 70.7 Å². The largest absolute Gasteiger partial charge is 0.495 e. The fourth-order valence-electron chi connectivity index (χ4n) is 4.14. The maximum absolute atomic E-state index is 12.6. The number of carbonyl (C=O) groups excluding carboxylic acids is 2. The van der Waals surface area contributed by atoms with Crippen molar-refractivity contribution in [1.29, 1.82) is 0 Å². The Morgan fingerprint density at radius 1 is 1.00 bits per heavy atom. The molecule has 0 bridgehead atoms. The molecule has 1 aliphatic heterocycles. The third-order valence-corrected chi connectivity index (χ3v) is 5.84. The van der Waals surface area contributed by atoms with Crippen LogP contribution in [0.25, 0.3) is 0 Å². The fraction of sp³-hybridized carbons (Fsp3) is 0.259. The highest BCUT2D eigenvalue weighted by molar-refractivity contribution is 6.05. The van der Waals surface area contributed by atoms with Crippen molar-refractivity contribution in [1.82, 2.24) is 0 Å². The van der Waals surface area contributed by atoms with Crippen molar-refractivity contribution in [3.8, 4) is 5.75 Å². The number of rotatable bonds is 7. The van der Waals surface area contributed by atoms with Crippen LogP contribution in [0.15, 0.2) is 66.7 Å². The van der Waals surface area contributed by atoms with E-state index < -0.39 is 0 Å². The highest BCUT2D eigenvalue weighted by Crippen LogP contribution is 2.28. The summed E-state index contributed by atoms with van der Waals surface area (Å²) in [5.41, 5.74) is 5.65. The Morgan fingerprint density at radius 2 is 1.79 bits per heavy atom. The average Bonchev–Trinajstić information content (AvgIpc) is 2.83. The molecule has 0 atom stereocenters. The van der Waals surface area contributed by atoms with Crippen LogP contribution in [0.4, 0.5) is 17.1 Å². The summed E-state index contributed by atoms with van der Waals surface area (Å²) in [6, 6.07) is 20.7. The zero-order valence-corrected chi connectivity index (χ0v) is 19.1. The van der Waals surface area contributed by atoms with Crippen LogP contribution >= 0.6 is 0 Å². The van der Waals surface area contributed by atoms with E-state index in [2.05, 4.69) is 40.7 Å². The molecule has 1 aliphatic rings. The Balaban J connectivity index is 1.31. The summed E-state index contributed by atoms with van der Waals surface area (Å²) in [5.74, 6) is 0.318. The number of aryl methyl sites for hydroxylation is 2. The van der Waals surface area contributed by atoms with Gasteiger partial charge in [-0.25, -0.2) is 0 Å². The first-order valence-corrected chi connectivity index (χ1v) is 11.2. The lowest BCUT2D eigenvalue weighted by molar-refractivity contribution is -0.116. The summed E-state index contributed by atoms with van der Waals surface area (Å²) < 4.78 is 5.27. The van der Waals surface area contributed by atoms with Crippen molar-refractivity contribution >= 4 is 28.9 Å². The van der Waals surface area contributed by atoms with Crippen LogP contribution in [-0.4, -0.2) is 32.0 Å². The molecule has 170 valence electrons. The average molecular weight is 444 g/mol. The van der Waals surface area contributed by atoms with Crippen LogP contribution in [-0.2, 0) is 11.2 Å². The fourth-order valence-corrected chi connectivity index (χ4v) is 4.14. The molecule has 0 aliphatic carbocycles. The second-order valence-electron chi connectivity index (χ2n) is 8.25. The van der Waals surface area contributed by atoms with Crippen LogP contribution < -0.4 is 20.3 Å². The molecular weight excluding hydrogens is 414 g/mol. The van der Waals surface area contributed by atoms with E-state index in [-0.39, 0.29) is 11.8 Å². The van der Waals surface area contributed by atoms with Gasteiger partial charge in [0.2, 0.25) is 5.91 Å². The van der Waals surface area contributed by atoms with Crippen LogP contribution in [0.2, 0.25) is 0 Å². The molecule has 3 aromatic rings. The van der Waals surface area contributed by atoms with E-state index in [0.29, 0.717) is 35.7 Å². The number of para-hydroxylation sites is 2. The molecule has 1 heterocycles. The number of methoxy groups -OCH3 is 1. The zero-order valence-electron chi connectivity index (χ0n) is 19.1. The lowest BCUT2D eigenvalue weighted by atomic mass is 9.99. The van der Waals surface area contributed by atoms with Crippen molar-refractivity contribution in [2.24, 2.45) is 0 Å². The summed E-state index contributed by atoms with van der Waals surface area (Å²) >= 11 is 0. The number of nitrogens with zero attached hydrogens (tertiary/aromatic N) is 1. The first-order chi connectivity index (χ1) is 16.0. The van der Waals surface area contributed by atoms with Gasteiger partial charge in [-0.3, -0.25) is 9.59 Å².